The molecule has 0 aromatic heterocycles. The lowest BCUT2D eigenvalue weighted by molar-refractivity contribution is -0.137. The first-order valence-corrected chi connectivity index (χ1v) is 8.08. The van der Waals surface area contributed by atoms with Gasteiger partial charge in [0.1, 0.15) is 3.78 Å². The molecule has 1 N–H and O–H groups in total. The van der Waals surface area contributed by atoms with Crippen molar-refractivity contribution in [2.75, 3.05) is 11.4 Å². The fourth-order valence-corrected chi connectivity index (χ4v) is 4.30. The number of para-hydroxylation sites is 1. The van der Waals surface area contributed by atoms with E-state index in [-0.39, 0.29) is 10.2 Å². The lowest BCUT2D eigenvalue weighted by Gasteiger charge is -2.31. The Kier molecular flexibility index (Phi) is 4.79. The molecule has 0 radical (unpaired) electrons. The number of unbranched alkanes of at least 4 members (excludes halogenated alkanes) is 2. The third-order valence-corrected chi connectivity index (χ3v) is 5.28. The molecule has 1 aliphatic rings. The number of hydrogen-bond acceptors (Lipinski definition) is 3. The molecule has 0 amide bonds. The molecule has 0 fully saturated rings. The largest absolute Gasteiger partial charge is 0.481 e. The summed E-state index contributed by atoms with van der Waals surface area (Å²) in [6.07, 6.45) is 3.01. The van der Waals surface area contributed by atoms with E-state index in [1.165, 1.54) is 10.6 Å². The standard InChI is InChI=1S/C14H18BrNO2S/c1-14(15)16(10-6-2-3-9-13(17)18)11-7-4-5-8-12(11)19-14/h4-5,7-8H,2-3,6,9-10H2,1H3,(H,17,18). The number of nitrogens with zero attached hydrogens (tertiary/aromatic N) is 1. The minimum absolute atomic E-state index is 0.0938. The molecule has 0 saturated carbocycles. The van der Waals surface area contributed by atoms with Crippen molar-refractivity contribution < 1.29 is 9.90 Å². The third kappa shape index (κ3) is 3.66. The van der Waals surface area contributed by atoms with Gasteiger partial charge in [-0.05, 0) is 47.8 Å². The number of aliphatic carboxylic acids is 1. The van der Waals surface area contributed by atoms with Crippen LogP contribution in [0.2, 0.25) is 0 Å². The zero-order valence-electron chi connectivity index (χ0n) is 10.9. The highest BCUT2D eigenvalue weighted by atomic mass is 79.9. The Balaban J connectivity index is 1.90. The summed E-state index contributed by atoms with van der Waals surface area (Å²) in [7, 11) is 0. The van der Waals surface area contributed by atoms with Crippen molar-refractivity contribution in [2.45, 2.75) is 41.3 Å². The van der Waals surface area contributed by atoms with Crippen LogP contribution in [-0.4, -0.2) is 21.4 Å². The summed E-state index contributed by atoms with van der Waals surface area (Å²) in [5.74, 6) is -0.701. The van der Waals surface area contributed by atoms with E-state index in [2.05, 4.69) is 52.0 Å². The van der Waals surface area contributed by atoms with Gasteiger partial charge in [-0.25, -0.2) is 0 Å². The maximum Gasteiger partial charge on any atom is 0.303 e. The number of carbonyl (C=O) groups is 1. The molecule has 1 atom stereocenters. The van der Waals surface area contributed by atoms with Crippen molar-refractivity contribution in [1.82, 2.24) is 0 Å². The number of benzene rings is 1. The van der Waals surface area contributed by atoms with Gasteiger partial charge in [0.2, 0.25) is 0 Å². The van der Waals surface area contributed by atoms with Crippen molar-refractivity contribution >= 4 is 39.3 Å². The second-order valence-corrected chi connectivity index (χ2v) is 8.30. The molecule has 5 heteroatoms. The Morgan fingerprint density at radius 1 is 1.37 bits per heavy atom. The van der Waals surface area contributed by atoms with Crippen LogP contribution in [0.25, 0.3) is 0 Å². The molecular formula is C14H18BrNO2S. The number of anilines is 1. The lowest BCUT2D eigenvalue weighted by Crippen LogP contribution is -2.35. The Morgan fingerprint density at radius 3 is 2.84 bits per heavy atom. The minimum atomic E-state index is -0.701. The fraction of sp³-hybridized carbons (Fsp3) is 0.500. The topological polar surface area (TPSA) is 40.5 Å². The molecule has 1 aliphatic heterocycles. The van der Waals surface area contributed by atoms with Gasteiger partial charge in [0.25, 0.3) is 0 Å². The Bertz CT molecular complexity index is 465. The Morgan fingerprint density at radius 2 is 2.11 bits per heavy atom. The predicted molar refractivity (Wildman–Crippen MR) is 83.1 cm³/mol. The molecule has 0 aliphatic carbocycles. The van der Waals surface area contributed by atoms with E-state index in [9.17, 15) is 4.79 Å². The summed E-state index contributed by atoms with van der Waals surface area (Å²) in [6.45, 7) is 3.11. The van der Waals surface area contributed by atoms with Gasteiger partial charge in [0.05, 0.1) is 5.69 Å². The SMILES string of the molecule is CC1(Br)Sc2ccccc2N1CCCCCC(=O)O. The summed E-state index contributed by atoms with van der Waals surface area (Å²) in [6, 6.07) is 8.41. The van der Waals surface area contributed by atoms with Gasteiger partial charge in [0.15, 0.2) is 0 Å². The molecule has 1 heterocycles. The van der Waals surface area contributed by atoms with Gasteiger partial charge in [-0.2, -0.15) is 0 Å². The highest BCUT2D eigenvalue weighted by molar-refractivity contribution is 9.12. The van der Waals surface area contributed by atoms with Gasteiger partial charge < -0.3 is 10.0 Å². The van der Waals surface area contributed by atoms with E-state index < -0.39 is 5.97 Å². The van der Waals surface area contributed by atoms with Crippen molar-refractivity contribution in [3.8, 4) is 0 Å². The monoisotopic (exact) mass is 343 g/mol. The Labute approximate surface area is 126 Å². The average Bonchev–Trinajstić information content (AvgIpc) is 2.59. The van der Waals surface area contributed by atoms with E-state index in [1.54, 1.807) is 0 Å². The molecule has 0 spiro atoms. The number of carboxylic acids is 1. The number of halogens is 1. The highest BCUT2D eigenvalue weighted by Gasteiger charge is 2.37. The second-order valence-electron chi connectivity index (χ2n) is 4.80. The van der Waals surface area contributed by atoms with Crippen molar-refractivity contribution in [1.29, 1.82) is 0 Å². The van der Waals surface area contributed by atoms with Crippen LogP contribution in [0.5, 0.6) is 0 Å². The van der Waals surface area contributed by atoms with E-state index in [4.69, 9.17) is 5.11 Å². The maximum atomic E-state index is 10.5. The number of hydrogen-bond donors (Lipinski definition) is 1. The number of thioether (sulfide) groups is 1. The molecule has 1 unspecified atom stereocenters. The summed E-state index contributed by atoms with van der Waals surface area (Å²) < 4.78 is -0.0938. The van der Waals surface area contributed by atoms with Crippen LogP contribution < -0.4 is 4.90 Å². The summed E-state index contributed by atoms with van der Waals surface area (Å²) in [5.41, 5.74) is 1.27. The summed E-state index contributed by atoms with van der Waals surface area (Å²) >= 11 is 5.60. The molecular weight excluding hydrogens is 326 g/mol. The average molecular weight is 344 g/mol. The zero-order valence-corrected chi connectivity index (χ0v) is 13.3. The van der Waals surface area contributed by atoms with E-state index in [0.717, 1.165) is 25.8 Å². The molecule has 19 heavy (non-hydrogen) atoms. The minimum Gasteiger partial charge on any atom is -0.481 e. The predicted octanol–water partition coefficient (Wildman–Crippen LogP) is 4.31. The molecule has 2 rings (SSSR count). The van der Waals surface area contributed by atoms with Gasteiger partial charge in [0, 0.05) is 17.9 Å². The first-order valence-electron chi connectivity index (χ1n) is 6.47. The highest BCUT2D eigenvalue weighted by Crippen LogP contribution is 2.53. The number of alkyl halides is 1. The second kappa shape index (κ2) is 6.18. The quantitative estimate of drug-likeness (QED) is 0.474. The Hall–Kier alpha value is -0.680. The van der Waals surface area contributed by atoms with Crippen molar-refractivity contribution in [3.05, 3.63) is 24.3 Å². The molecule has 0 saturated heterocycles. The third-order valence-electron chi connectivity index (χ3n) is 3.21. The van der Waals surface area contributed by atoms with Gasteiger partial charge in [-0.15, -0.1) is 0 Å². The van der Waals surface area contributed by atoms with Crippen molar-refractivity contribution in [2.24, 2.45) is 0 Å². The molecule has 1 aromatic carbocycles. The smallest absolute Gasteiger partial charge is 0.303 e. The molecule has 104 valence electrons. The summed E-state index contributed by atoms with van der Waals surface area (Å²) in [5, 5.41) is 8.62. The van der Waals surface area contributed by atoms with E-state index in [1.807, 2.05) is 11.8 Å². The number of fused-ring (bicyclic) bond motifs is 1. The molecule has 3 nitrogen and oxygen atoms in total. The first-order chi connectivity index (χ1) is 9.00. The van der Waals surface area contributed by atoms with Crippen LogP contribution >= 0.6 is 27.7 Å². The number of rotatable bonds is 6. The van der Waals surface area contributed by atoms with Crippen LogP contribution in [0.4, 0.5) is 5.69 Å². The van der Waals surface area contributed by atoms with E-state index >= 15 is 0 Å². The van der Waals surface area contributed by atoms with Gasteiger partial charge in [-0.3, -0.25) is 4.79 Å². The van der Waals surface area contributed by atoms with Crippen LogP contribution in [0.1, 0.15) is 32.6 Å². The van der Waals surface area contributed by atoms with E-state index in [0.29, 0.717) is 0 Å². The van der Waals surface area contributed by atoms with Crippen LogP contribution in [0.3, 0.4) is 0 Å². The molecule has 1 aromatic rings. The summed E-state index contributed by atoms with van der Waals surface area (Å²) in [4.78, 5) is 14.1. The maximum absolute atomic E-state index is 10.5. The number of carboxylic acid groups (broad SMARTS) is 1. The zero-order chi connectivity index (χ0) is 13.9. The lowest BCUT2D eigenvalue weighted by atomic mass is 10.2. The van der Waals surface area contributed by atoms with Gasteiger partial charge in [-0.1, -0.05) is 30.3 Å². The van der Waals surface area contributed by atoms with Crippen LogP contribution in [0.15, 0.2) is 29.2 Å². The normalized spacial score (nSPS) is 21.5. The molecule has 0 bridgehead atoms. The van der Waals surface area contributed by atoms with Crippen LogP contribution in [-0.2, 0) is 4.79 Å². The van der Waals surface area contributed by atoms with Crippen molar-refractivity contribution in [3.63, 3.8) is 0 Å². The first kappa shape index (κ1) is 14.7. The fourth-order valence-electron chi connectivity index (χ4n) is 2.28. The van der Waals surface area contributed by atoms with Gasteiger partial charge >= 0.3 is 5.97 Å². The van der Waals surface area contributed by atoms with Crippen LogP contribution in [0, 0.1) is 0 Å².